The number of nitro benzene ring substituents is 1. The van der Waals surface area contributed by atoms with Crippen LogP contribution in [-0.4, -0.2) is 27.8 Å². The summed E-state index contributed by atoms with van der Waals surface area (Å²) >= 11 is 0. The van der Waals surface area contributed by atoms with Crippen LogP contribution >= 0.6 is 0 Å². The van der Waals surface area contributed by atoms with Gasteiger partial charge in [-0.2, -0.15) is 0 Å². The van der Waals surface area contributed by atoms with E-state index >= 15 is 0 Å². The fourth-order valence-electron chi connectivity index (χ4n) is 1.40. The molecule has 0 amide bonds. The summed E-state index contributed by atoms with van der Waals surface area (Å²) in [5.74, 6) is 0. The van der Waals surface area contributed by atoms with Gasteiger partial charge in [0.1, 0.15) is 5.69 Å². The Bertz CT molecular complexity index is 393. The number of rotatable bonds is 6. The lowest BCUT2D eigenvalue weighted by molar-refractivity contribution is -0.384. The van der Waals surface area contributed by atoms with Crippen molar-refractivity contribution < 1.29 is 15.1 Å². The van der Waals surface area contributed by atoms with Crippen LogP contribution in [0, 0.1) is 10.1 Å². The molecule has 1 aromatic rings. The Kier molecular flexibility index (Phi) is 4.86. The molecule has 1 atom stereocenters. The highest BCUT2D eigenvalue weighted by Gasteiger charge is 2.13. The van der Waals surface area contributed by atoms with E-state index in [9.17, 15) is 10.1 Å². The second-order valence-corrected chi connectivity index (χ2v) is 3.83. The first-order chi connectivity index (χ1) is 8.04. The van der Waals surface area contributed by atoms with Crippen molar-refractivity contribution >= 4 is 11.4 Å². The van der Waals surface area contributed by atoms with E-state index < -0.39 is 11.0 Å². The van der Waals surface area contributed by atoms with E-state index in [4.69, 9.17) is 10.2 Å². The molecular formula is C11H16N2O4. The predicted octanol–water partition coefficient (Wildman–Crippen LogP) is 1.27. The van der Waals surface area contributed by atoms with Crippen LogP contribution in [0.1, 0.15) is 18.9 Å². The highest BCUT2D eigenvalue weighted by Crippen LogP contribution is 2.25. The van der Waals surface area contributed by atoms with Gasteiger partial charge in [0.05, 0.1) is 17.6 Å². The molecule has 17 heavy (non-hydrogen) atoms. The average Bonchev–Trinajstić information content (AvgIpc) is 2.28. The van der Waals surface area contributed by atoms with Crippen LogP contribution in [0.3, 0.4) is 0 Å². The van der Waals surface area contributed by atoms with Gasteiger partial charge in [0.25, 0.3) is 5.69 Å². The molecule has 3 N–H and O–H groups in total. The number of benzene rings is 1. The first kappa shape index (κ1) is 13.4. The van der Waals surface area contributed by atoms with Crippen LogP contribution in [0.15, 0.2) is 18.2 Å². The van der Waals surface area contributed by atoms with Gasteiger partial charge in [-0.1, -0.05) is 0 Å². The normalized spacial score (nSPS) is 12.2. The van der Waals surface area contributed by atoms with Gasteiger partial charge in [0, 0.05) is 12.6 Å². The lowest BCUT2D eigenvalue weighted by Crippen LogP contribution is -2.11. The number of hydrogen-bond acceptors (Lipinski definition) is 5. The van der Waals surface area contributed by atoms with Crippen molar-refractivity contribution in [2.24, 2.45) is 0 Å². The number of hydrogen-bond donors (Lipinski definition) is 3. The molecule has 0 saturated carbocycles. The molecule has 0 radical (unpaired) electrons. The molecule has 1 rings (SSSR count). The van der Waals surface area contributed by atoms with Gasteiger partial charge < -0.3 is 15.5 Å². The Morgan fingerprint density at radius 2 is 2.24 bits per heavy atom. The molecule has 1 aromatic carbocycles. The van der Waals surface area contributed by atoms with Crippen molar-refractivity contribution in [2.45, 2.75) is 26.1 Å². The van der Waals surface area contributed by atoms with E-state index in [1.165, 1.54) is 12.1 Å². The monoisotopic (exact) mass is 240 g/mol. The zero-order valence-corrected chi connectivity index (χ0v) is 9.59. The molecule has 6 nitrogen and oxygen atoms in total. The van der Waals surface area contributed by atoms with Crippen molar-refractivity contribution in [2.75, 3.05) is 11.9 Å². The summed E-state index contributed by atoms with van der Waals surface area (Å²) in [5.41, 5.74) is 0.935. The van der Waals surface area contributed by atoms with E-state index in [1.54, 1.807) is 13.0 Å². The Labute approximate surface area is 99.0 Å². The first-order valence-electron chi connectivity index (χ1n) is 5.34. The van der Waals surface area contributed by atoms with Crippen LogP contribution < -0.4 is 5.32 Å². The maximum atomic E-state index is 10.8. The van der Waals surface area contributed by atoms with Crippen molar-refractivity contribution in [3.63, 3.8) is 0 Å². The standard InChI is InChI=1S/C11H16N2O4/c1-8(15)4-5-12-10-6-9(7-14)2-3-11(10)13(16)17/h2-3,6,8,12,14-15H,4-5,7H2,1H3. The smallest absolute Gasteiger partial charge is 0.292 e. The summed E-state index contributed by atoms with van der Waals surface area (Å²) in [6.07, 6.45) is 0.0446. The molecule has 0 fully saturated rings. The highest BCUT2D eigenvalue weighted by molar-refractivity contribution is 5.62. The molecule has 0 aliphatic carbocycles. The molecule has 0 spiro atoms. The van der Waals surface area contributed by atoms with Crippen molar-refractivity contribution in [3.8, 4) is 0 Å². The van der Waals surface area contributed by atoms with Crippen LogP contribution in [0.2, 0.25) is 0 Å². The fourth-order valence-corrected chi connectivity index (χ4v) is 1.40. The number of nitrogens with one attached hydrogen (secondary N) is 1. The summed E-state index contributed by atoms with van der Waals surface area (Å²) in [6.45, 7) is 1.93. The zero-order valence-electron chi connectivity index (χ0n) is 9.59. The second-order valence-electron chi connectivity index (χ2n) is 3.83. The van der Waals surface area contributed by atoms with Crippen LogP contribution in [-0.2, 0) is 6.61 Å². The molecule has 0 bridgehead atoms. The molecule has 6 heteroatoms. The number of nitro groups is 1. The van der Waals surface area contributed by atoms with Gasteiger partial charge in [0.2, 0.25) is 0 Å². The molecule has 1 unspecified atom stereocenters. The summed E-state index contributed by atoms with van der Waals surface area (Å²) < 4.78 is 0. The van der Waals surface area contributed by atoms with E-state index in [1.807, 2.05) is 0 Å². The maximum Gasteiger partial charge on any atom is 0.292 e. The van der Waals surface area contributed by atoms with Crippen LogP contribution in [0.5, 0.6) is 0 Å². The molecule has 0 aliphatic rings. The quantitative estimate of drug-likeness (QED) is 0.514. The minimum absolute atomic E-state index is 0.0345. The van der Waals surface area contributed by atoms with E-state index in [2.05, 4.69) is 5.32 Å². The van der Waals surface area contributed by atoms with Gasteiger partial charge in [0.15, 0.2) is 0 Å². The lowest BCUT2D eigenvalue weighted by atomic mass is 10.1. The minimum Gasteiger partial charge on any atom is -0.393 e. The van der Waals surface area contributed by atoms with Gasteiger partial charge >= 0.3 is 0 Å². The summed E-state index contributed by atoms with van der Waals surface area (Å²) in [6, 6.07) is 4.41. The Morgan fingerprint density at radius 1 is 1.53 bits per heavy atom. The summed E-state index contributed by atoms with van der Waals surface area (Å²) in [4.78, 5) is 10.3. The van der Waals surface area contributed by atoms with Gasteiger partial charge in [-0.25, -0.2) is 0 Å². The molecule has 0 aromatic heterocycles. The van der Waals surface area contributed by atoms with Crippen molar-refractivity contribution in [1.82, 2.24) is 0 Å². The topological polar surface area (TPSA) is 95.6 Å². The Hall–Kier alpha value is -1.66. The SMILES string of the molecule is CC(O)CCNc1cc(CO)ccc1[N+](=O)[O-]. The lowest BCUT2D eigenvalue weighted by Gasteiger charge is -2.09. The molecule has 0 aliphatic heterocycles. The number of aliphatic hydroxyl groups is 2. The average molecular weight is 240 g/mol. The van der Waals surface area contributed by atoms with Crippen molar-refractivity contribution in [3.05, 3.63) is 33.9 Å². The minimum atomic E-state index is -0.480. The molecule has 94 valence electrons. The Balaban J connectivity index is 2.82. The van der Waals surface area contributed by atoms with Gasteiger partial charge in [-0.15, -0.1) is 0 Å². The Morgan fingerprint density at radius 3 is 2.76 bits per heavy atom. The van der Waals surface area contributed by atoms with E-state index in [0.717, 1.165) is 0 Å². The third-order valence-corrected chi connectivity index (χ3v) is 2.32. The van der Waals surface area contributed by atoms with E-state index in [0.29, 0.717) is 24.2 Å². The molecule has 0 heterocycles. The summed E-state index contributed by atoms with van der Waals surface area (Å²) in [7, 11) is 0. The van der Waals surface area contributed by atoms with Gasteiger partial charge in [-0.05, 0) is 31.0 Å². The molecular weight excluding hydrogens is 224 g/mol. The van der Waals surface area contributed by atoms with Gasteiger partial charge in [-0.3, -0.25) is 10.1 Å². The molecule has 0 saturated heterocycles. The maximum absolute atomic E-state index is 10.8. The number of anilines is 1. The van der Waals surface area contributed by atoms with Crippen LogP contribution in [0.25, 0.3) is 0 Å². The zero-order chi connectivity index (χ0) is 12.8. The number of nitrogens with zero attached hydrogens (tertiary/aromatic N) is 1. The third kappa shape index (κ3) is 4.01. The summed E-state index contributed by atoms with van der Waals surface area (Å²) in [5, 5.41) is 31.7. The fraction of sp³-hybridized carbons (Fsp3) is 0.455. The highest BCUT2D eigenvalue weighted by atomic mass is 16.6. The van der Waals surface area contributed by atoms with E-state index in [-0.39, 0.29) is 12.3 Å². The first-order valence-corrected chi connectivity index (χ1v) is 5.34. The second kappa shape index (κ2) is 6.17. The number of aliphatic hydroxyl groups excluding tert-OH is 2. The van der Waals surface area contributed by atoms with Crippen LogP contribution in [0.4, 0.5) is 11.4 Å². The predicted molar refractivity (Wildman–Crippen MR) is 63.8 cm³/mol. The largest absolute Gasteiger partial charge is 0.393 e. The van der Waals surface area contributed by atoms with Crippen molar-refractivity contribution in [1.29, 1.82) is 0 Å². The third-order valence-electron chi connectivity index (χ3n) is 2.32.